The Balaban J connectivity index is 1.88. The number of aromatic nitrogens is 3. The summed E-state index contributed by atoms with van der Waals surface area (Å²) in [5.74, 6) is 1.91. The number of methoxy groups -OCH3 is 1. The highest BCUT2D eigenvalue weighted by molar-refractivity contribution is 9.10. The van der Waals surface area contributed by atoms with Gasteiger partial charge in [-0.15, -0.1) is 10.2 Å². The van der Waals surface area contributed by atoms with Gasteiger partial charge in [0.15, 0.2) is 5.69 Å². The zero-order valence-corrected chi connectivity index (χ0v) is 18.2. The standard InChI is InChI=1S/C19H16BrClN4O2S/c1-3-28-19-23-18-16(24-25-19)12-8-10(20)4-6-14(12)22-17(27-18)13-9-11(21)5-7-15(13)26-2/h4-9,17,22H,3H2,1-2H3/t17-/m1/s1. The average molecular weight is 480 g/mol. The number of anilines is 1. The summed E-state index contributed by atoms with van der Waals surface area (Å²) < 4.78 is 12.7. The first-order valence-corrected chi connectivity index (χ1v) is 10.7. The van der Waals surface area contributed by atoms with Gasteiger partial charge >= 0.3 is 0 Å². The summed E-state index contributed by atoms with van der Waals surface area (Å²) in [5, 5.41) is 13.2. The van der Waals surface area contributed by atoms with Gasteiger partial charge in [0, 0.05) is 20.7 Å². The molecule has 0 bridgehead atoms. The van der Waals surface area contributed by atoms with Crippen molar-refractivity contribution >= 4 is 45.0 Å². The molecule has 2 aromatic carbocycles. The highest BCUT2D eigenvalue weighted by Gasteiger charge is 2.28. The third-order valence-corrected chi connectivity index (χ3v) is 5.58. The molecule has 3 aromatic rings. The Morgan fingerprint density at radius 1 is 1.25 bits per heavy atom. The topological polar surface area (TPSA) is 69.2 Å². The Morgan fingerprint density at radius 3 is 2.89 bits per heavy atom. The number of nitrogens with one attached hydrogen (secondary N) is 1. The molecule has 1 aromatic heterocycles. The number of fused-ring (bicyclic) bond motifs is 3. The number of benzene rings is 2. The minimum atomic E-state index is -0.564. The van der Waals surface area contributed by atoms with Crippen molar-refractivity contribution in [3.63, 3.8) is 0 Å². The summed E-state index contributed by atoms with van der Waals surface area (Å²) in [6, 6.07) is 11.3. The van der Waals surface area contributed by atoms with Crippen molar-refractivity contribution in [1.29, 1.82) is 0 Å². The molecule has 144 valence electrons. The van der Waals surface area contributed by atoms with E-state index in [1.165, 1.54) is 11.8 Å². The molecule has 2 heterocycles. The monoisotopic (exact) mass is 478 g/mol. The summed E-state index contributed by atoms with van der Waals surface area (Å²) in [6.45, 7) is 2.04. The van der Waals surface area contributed by atoms with Crippen LogP contribution in [0.25, 0.3) is 11.3 Å². The minimum absolute atomic E-state index is 0.405. The SMILES string of the molecule is CCSc1nnc2c(n1)O[C@H](c1cc(Cl)ccc1OC)Nc1ccc(Br)cc1-2. The van der Waals surface area contributed by atoms with Gasteiger partial charge in [0.2, 0.25) is 17.3 Å². The van der Waals surface area contributed by atoms with Crippen LogP contribution < -0.4 is 14.8 Å². The first-order valence-electron chi connectivity index (χ1n) is 8.53. The second-order valence-corrected chi connectivity index (χ2v) is 8.48. The molecule has 1 aliphatic heterocycles. The van der Waals surface area contributed by atoms with Crippen molar-refractivity contribution in [3.05, 3.63) is 51.5 Å². The van der Waals surface area contributed by atoms with E-state index >= 15 is 0 Å². The number of nitrogens with zero attached hydrogens (tertiary/aromatic N) is 3. The van der Waals surface area contributed by atoms with Crippen LogP contribution in [0.15, 0.2) is 46.0 Å². The largest absolute Gasteiger partial charge is 0.496 e. The van der Waals surface area contributed by atoms with E-state index in [1.54, 1.807) is 13.2 Å². The molecule has 0 aliphatic carbocycles. The van der Waals surface area contributed by atoms with Gasteiger partial charge in [-0.2, -0.15) is 4.98 Å². The van der Waals surface area contributed by atoms with Gasteiger partial charge in [0.05, 0.1) is 12.7 Å². The van der Waals surface area contributed by atoms with Gasteiger partial charge in [-0.1, -0.05) is 46.2 Å². The zero-order chi connectivity index (χ0) is 19.7. The van der Waals surface area contributed by atoms with Crippen LogP contribution in [-0.4, -0.2) is 28.0 Å². The van der Waals surface area contributed by atoms with Gasteiger partial charge in [-0.25, -0.2) is 0 Å². The van der Waals surface area contributed by atoms with E-state index in [9.17, 15) is 0 Å². The van der Waals surface area contributed by atoms with E-state index in [-0.39, 0.29) is 0 Å². The lowest BCUT2D eigenvalue weighted by Crippen LogP contribution is -2.18. The molecule has 0 amide bonds. The van der Waals surface area contributed by atoms with Gasteiger partial charge in [0.1, 0.15) is 5.75 Å². The molecule has 1 atom stereocenters. The van der Waals surface area contributed by atoms with Crippen LogP contribution in [0, 0.1) is 0 Å². The number of rotatable bonds is 4. The Hall–Kier alpha value is -2.03. The molecular formula is C19H16BrClN4O2S. The van der Waals surface area contributed by atoms with E-state index < -0.39 is 6.23 Å². The summed E-state index contributed by atoms with van der Waals surface area (Å²) in [6.07, 6.45) is -0.564. The van der Waals surface area contributed by atoms with E-state index in [2.05, 4.69) is 36.4 Å². The van der Waals surface area contributed by atoms with Crippen LogP contribution in [0.5, 0.6) is 11.6 Å². The van der Waals surface area contributed by atoms with E-state index in [0.29, 0.717) is 27.5 Å². The Morgan fingerprint density at radius 2 is 2.11 bits per heavy atom. The smallest absolute Gasteiger partial charge is 0.247 e. The van der Waals surface area contributed by atoms with E-state index in [0.717, 1.165) is 27.0 Å². The molecule has 0 fully saturated rings. The second-order valence-electron chi connectivity index (χ2n) is 5.90. The molecule has 0 unspecified atom stereocenters. The van der Waals surface area contributed by atoms with Crippen LogP contribution in [0.3, 0.4) is 0 Å². The van der Waals surface area contributed by atoms with Gasteiger partial charge in [0.25, 0.3) is 0 Å². The number of ether oxygens (including phenoxy) is 2. The van der Waals surface area contributed by atoms with Crippen LogP contribution in [0.4, 0.5) is 5.69 Å². The molecule has 6 nitrogen and oxygen atoms in total. The molecule has 4 rings (SSSR count). The van der Waals surface area contributed by atoms with Crippen molar-refractivity contribution in [2.24, 2.45) is 0 Å². The van der Waals surface area contributed by atoms with E-state index in [1.807, 2.05) is 37.3 Å². The maximum Gasteiger partial charge on any atom is 0.247 e. The van der Waals surface area contributed by atoms with Gasteiger partial charge in [-0.05, 0) is 42.2 Å². The molecular weight excluding hydrogens is 464 g/mol. The lowest BCUT2D eigenvalue weighted by molar-refractivity contribution is 0.220. The molecule has 9 heteroatoms. The second kappa shape index (κ2) is 8.14. The average Bonchev–Trinajstić information content (AvgIpc) is 2.84. The number of halogens is 2. The summed E-state index contributed by atoms with van der Waals surface area (Å²) in [5.41, 5.74) is 3.04. The van der Waals surface area contributed by atoms with E-state index in [4.69, 9.17) is 21.1 Å². The van der Waals surface area contributed by atoms with Gasteiger partial charge in [-0.3, -0.25) is 0 Å². The summed E-state index contributed by atoms with van der Waals surface area (Å²) in [4.78, 5) is 4.58. The Labute approximate surface area is 180 Å². The Kier molecular flexibility index (Phi) is 5.61. The first-order chi connectivity index (χ1) is 13.6. The zero-order valence-electron chi connectivity index (χ0n) is 15.1. The normalized spacial score (nSPS) is 14.9. The first kappa shape index (κ1) is 19.3. The Bertz CT molecular complexity index is 1040. The van der Waals surface area contributed by atoms with Crippen LogP contribution >= 0.6 is 39.3 Å². The van der Waals surface area contributed by atoms with Crippen LogP contribution in [0.2, 0.25) is 5.02 Å². The maximum atomic E-state index is 6.26. The maximum absolute atomic E-state index is 6.26. The van der Waals surface area contributed by atoms with Crippen molar-refractivity contribution in [3.8, 4) is 22.9 Å². The van der Waals surface area contributed by atoms with Gasteiger partial charge < -0.3 is 14.8 Å². The van der Waals surface area contributed by atoms with Crippen molar-refractivity contribution < 1.29 is 9.47 Å². The fourth-order valence-corrected chi connectivity index (χ4v) is 3.96. The molecule has 28 heavy (non-hydrogen) atoms. The number of hydrogen-bond donors (Lipinski definition) is 1. The third-order valence-electron chi connectivity index (χ3n) is 4.14. The number of hydrogen-bond acceptors (Lipinski definition) is 7. The highest BCUT2D eigenvalue weighted by Crippen LogP contribution is 2.42. The van der Waals surface area contributed by atoms with Crippen molar-refractivity contribution in [2.75, 3.05) is 18.2 Å². The molecule has 0 saturated carbocycles. The summed E-state index contributed by atoms with van der Waals surface area (Å²) >= 11 is 11.3. The minimum Gasteiger partial charge on any atom is -0.496 e. The predicted octanol–water partition coefficient (Wildman–Crippen LogP) is 5.58. The lowest BCUT2D eigenvalue weighted by atomic mass is 10.1. The molecule has 0 saturated heterocycles. The lowest BCUT2D eigenvalue weighted by Gasteiger charge is -2.21. The quantitative estimate of drug-likeness (QED) is 0.490. The number of thioether (sulfide) groups is 1. The molecule has 1 N–H and O–H groups in total. The fraction of sp³-hybridized carbons (Fsp3) is 0.211. The molecule has 0 radical (unpaired) electrons. The van der Waals surface area contributed by atoms with Crippen molar-refractivity contribution in [2.45, 2.75) is 18.3 Å². The fourth-order valence-electron chi connectivity index (χ4n) is 2.91. The molecule has 0 spiro atoms. The summed E-state index contributed by atoms with van der Waals surface area (Å²) in [7, 11) is 1.61. The predicted molar refractivity (Wildman–Crippen MR) is 114 cm³/mol. The van der Waals surface area contributed by atoms with Crippen LogP contribution in [0.1, 0.15) is 18.7 Å². The van der Waals surface area contributed by atoms with Crippen LogP contribution in [-0.2, 0) is 0 Å². The highest BCUT2D eigenvalue weighted by atomic mass is 79.9. The van der Waals surface area contributed by atoms with Crippen molar-refractivity contribution in [1.82, 2.24) is 15.2 Å². The third kappa shape index (κ3) is 3.76. The molecule has 1 aliphatic rings.